The normalized spacial score (nSPS) is 16.6. The molecule has 1 aliphatic heterocycles. The SMILES string of the molecule is CC1(C)c2cc(C(F)(F)F)ccc2-c2c1c1c(c3ccccc23)OCC=C1. The Bertz CT molecular complexity index is 1140. The third-order valence-corrected chi connectivity index (χ3v) is 5.73. The predicted octanol–water partition coefficient (Wildman–Crippen LogP) is 6.57. The minimum Gasteiger partial charge on any atom is -0.488 e. The van der Waals surface area contributed by atoms with Crippen molar-refractivity contribution in [3.63, 3.8) is 0 Å². The van der Waals surface area contributed by atoms with Gasteiger partial charge in [0.1, 0.15) is 12.4 Å². The van der Waals surface area contributed by atoms with Crippen LogP contribution >= 0.6 is 0 Å². The summed E-state index contributed by atoms with van der Waals surface area (Å²) in [6, 6.07) is 12.1. The molecule has 0 spiro atoms. The second-order valence-electron chi connectivity index (χ2n) is 7.63. The van der Waals surface area contributed by atoms with Crippen molar-refractivity contribution in [3.8, 4) is 16.9 Å². The zero-order chi connectivity index (χ0) is 19.0. The van der Waals surface area contributed by atoms with E-state index in [1.165, 1.54) is 12.1 Å². The Morgan fingerprint density at radius 3 is 2.48 bits per heavy atom. The van der Waals surface area contributed by atoms with Gasteiger partial charge in [0.2, 0.25) is 0 Å². The summed E-state index contributed by atoms with van der Waals surface area (Å²) in [7, 11) is 0. The van der Waals surface area contributed by atoms with Crippen molar-refractivity contribution in [1.29, 1.82) is 0 Å². The van der Waals surface area contributed by atoms with Crippen molar-refractivity contribution in [2.24, 2.45) is 0 Å². The van der Waals surface area contributed by atoms with Crippen LogP contribution in [0.25, 0.3) is 28.0 Å². The lowest BCUT2D eigenvalue weighted by molar-refractivity contribution is -0.137. The number of hydrogen-bond acceptors (Lipinski definition) is 1. The first kappa shape index (κ1) is 16.4. The van der Waals surface area contributed by atoms with Crippen LogP contribution in [0, 0.1) is 0 Å². The summed E-state index contributed by atoms with van der Waals surface area (Å²) in [4.78, 5) is 0. The summed E-state index contributed by atoms with van der Waals surface area (Å²) < 4.78 is 46.0. The Labute approximate surface area is 155 Å². The predicted molar refractivity (Wildman–Crippen MR) is 101 cm³/mol. The fourth-order valence-corrected chi connectivity index (χ4v) is 4.56. The highest BCUT2D eigenvalue weighted by Gasteiger charge is 2.42. The van der Waals surface area contributed by atoms with Gasteiger partial charge in [0, 0.05) is 16.4 Å². The maximum Gasteiger partial charge on any atom is 0.416 e. The average molecular weight is 366 g/mol. The molecule has 0 atom stereocenters. The number of fused-ring (bicyclic) bond motifs is 8. The monoisotopic (exact) mass is 366 g/mol. The van der Waals surface area contributed by atoms with E-state index in [2.05, 4.69) is 0 Å². The van der Waals surface area contributed by atoms with Crippen LogP contribution in [0.2, 0.25) is 0 Å². The molecule has 0 saturated heterocycles. The third kappa shape index (κ3) is 2.13. The minimum absolute atomic E-state index is 0.501. The van der Waals surface area contributed by atoms with Gasteiger partial charge in [-0.25, -0.2) is 0 Å². The van der Waals surface area contributed by atoms with Crippen molar-refractivity contribution in [2.75, 3.05) is 6.61 Å². The van der Waals surface area contributed by atoms with Gasteiger partial charge in [0.15, 0.2) is 0 Å². The summed E-state index contributed by atoms with van der Waals surface area (Å²) in [5.74, 6) is 0.823. The lowest BCUT2D eigenvalue weighted by Crippen LogP contribution is -2.19. The van der Waals surface area contributed by atoms with Crippen molar-refractivity contribution >= 4 is 16.8 Å². The van der Waals surface area contributed by atoms with Gasteiger partial charge in [0.25, 0.3) is 0 Å². The molecule has 0 saturated carbocycles. The molecule has 0 aromatic heterocycles. The highest BCUT2D eigenvalue weighted by Crippen LogP contribution is 2.56. The zero-order valence-corrected chi connectivity index (χ0v) is 14.9. The van der Waals surface area contributed by atoms with Gasteiger partial charge in [-0.15, -0.1) is 0 Å². The smallest absolute Gasteiger partial charge is 0.416 e. The van der Waals surface area contributed by atoms with Gasteiger partial charge in [-0.2, -0.15) is 13.2 Å². The molecule has 0 N–H and O–H groups in total. The van der Waals surface area contributed by atoms with Crippen molar-refractivity contribution in [2.45, 2.75) is 25.4 Å². The first-order chi connectivity index (χ1) is 12.8. The lowest BCUT2D eigenvalue weighted by Gasteiger charge is -2.27. The van der Waals surface area contributed by atoms with Gasteiger partial charge in [0.05, 0.1) is 5.56 Å². The fourth-order valence-electron chi connectivity index (χ4n) is 4.56. The standard InChI is InChI=1S/C23H17F3O/c1-22(2)18-12-13(23(24,25)26)9-10-16(18)19-14-6-3-4-7-15(14)21-17(20(19)22)8-5-11-27-21/h3-10,12H,11H2,1-2H3. The van der Waals surface area contributed by atoms with E-state index in [0.29, 0.717) is 12.2 Å². The first-order valence-corrected chi connectivity index (χ1v) is 8.91. The quantitative estimate of drug-likeness (QED) is 0.437. The Balaban J connectivity index is 1.93. The second kappa shape index (κ2) is 5.16. The van der Waals surface area contributed by atoms with E-state index in [4.69, 9.17) is 4.74 Å². The average Bonchev–Trinajstić information content (AvgIpc) is 2.89. The molecule has 136 valence electrons. The molecule has 3 aromatic carbocycles. The van der Waals surface area contributed by atoms with Crippen LogP contribution in [-0.4, -0.2) is 6.61 Å². The van der Waals surface area contributed by atoms with Crippen LogP contribution in [-0.2, 0) is 11.6 Å². The molecule has 0 amide bonds. The van der Waals surface area contributed by atoms with Crippen LogP contribution in [0.1, 0.15) is 36.1 Å². The molecule has 0 bridgehead atoms. The number of benzene rings is 3. The van der Waals surface area contributed by atoms with Crippen LogP contribution in [0.5, 0.6) is 5.75 Å². The van der Waals surface area contributed by atoms with Crippen LogP contribution in [0.15, 0.2) is 48.5 Å². The first-order valence-electron chi connectivity index (χ1n) is 8.91. The molecule has 27 heavy (non-hydrogen) atoms. The Morgan fingerprint density at radius 1 is 1.00 bits per heavy atom. The molecule has 1 aliphatic carbocycles. The molecular weight excluding hydrogens is 349 g/mol. The maximum atomic E-state index is 13.3. The number of hydrogen-bond donors (Lipinski definition) is 0. The lowest BCUT2D eigenvalue weighted by atomic mass is 9.78. The van der Waals surface area contributed by atoms with Crippen molar-refractivity contribution in [3.05, 3.63) is 70.8 Å². The van der Waals surface area contributed by atoms with Gasteiger partial charge >= 0.3 is 6.18 Å². The zero-order valence-electron chi connectivity index (χ0n) is 14.9. The number of rotatable bonds is 0. The van der Waals surface area contributed by atoms with Gasteiger partial charge in [-0.1, -0.05) is 50.3 Å². The minimum atomic E-state index is -4.36. The van der Waals surface area contributed by atoms with Crippen LogP contribution < -0.4 is 4.74 Å². The summed E-state index contributed by atoms with van der Waals surface area (Å²) in [6.07, 6.45) is -0.357. The summed E-state index contributed by atoms with van der Waals surface area (Å²) in [5, 5.41) is 2.02. The molecule has 1 heterocycles. The highest BCUT2D eigenvalue weighted by molar-refractivity contribution is 6.08. The van der Waals surface area contributed by atoms with Gasteiger partial charge < -0.3 is 4.74 Å². The number of ether oxygens (including phenoxy) is 1. The van der Waals surface area contributed by atoms with Crippen LogP contribution in [0.4, 0.5) is 13.2 Å². The molecule has 4 heteroatoms. The Kier molecular flexibility index (Phi) is 3.14. The molecule has 2 aliphatic rings. The molecule has 0 unspecified atom stereocenters. The van der Waals surface area contributed by atoms with Gasteiger partial charge in [-0.3, -0.25) is 0 Å². The molecule has 0 fully saturated rings. The largest absolute Gasteiger partial charge is 0.488 e. The number of alkyl halides is 3. The Hall–Kier alpha value is -2.75. The Morgan fingerprint density at radius 2 is 1.74 bits per heavy atom. The highest BCUT2D eigenvalue weighted by atomic mass is 19.4. The van der Waals surface area contributed by atoms with Gasteiger partial charge in [-0.05, 0) is 45.8 Å². The molecule has 5 rings (SSSR count). The summed E-state index contributed by atoms with van der Waals surface area (Å²) >= 11 is 0. The van der Waals surface area contributed by atoms with Crippen molar-refractivity contribution in [1.82, 2.24) is 0 Å². The van der Waals surface area contributed by atoms with Crippen molar-refractivity contribution < 1.29 is 17.9 Å². The van der Waals surface area contributed by atoms with E-state index >= 15 is 0 Å². The fraction of sp³-hybridized carbons (Fsp3) is 0.217. The second-order valence-corrected chi connectivity index (χ2v) is 7.63. The van der Waals surface area contributed by atoms with E-state index < -0.39 is 17.2 Å². The van der Waals surface area contributed by atoms with Crippen LogP contribution in [0.3, 0.4) is 0 Å². The van der Waals surface area contributed by atoms with E-state index in [9.17, 15) is 13.2 Å². The molecule has 1 nitrogen and oxygen atoms in total. The van der Waals surface area contributed by atoms with E-state index in [1.54, 1.807) is 6.07 Å². The van der Waals surface area contributed by atoms with E-state index in [1.807, 2.05) is 50.3 Å². The summed E-state index contributed by atoms with van der Waals surface area (Å²) in [6.45, 7) is 4.49. The molecule has 0 radical (unpaired) electrons. The molecule has 3 aromatic rings. The summed E-state index contributed by atoms with van der Waals surface area (Å²) in [5.41, 5.74) is 3.47. The van der Waals surface area contributed by atoms with E-state index in [-0.39, 0.29) is 0 Å². The van der Waals surface area contributed by atoms with E-state index in [0.717, 1.165) is 38.8 Å². The number of halogens is 3. The maximum absolute atomic E-state index is 13.3. The molecular formula is C23H17F3O. The topological polar surface area (TPSA) is 9.23 Å². The third-order valence-electron chi connectivity index (χ3n) is 5.73.